The molecule has 0 aliphatic rings. The highest BCUT2D eigenvalue weighted by molar-refractivity contribution is 5.20. The van der Waals surface area contributed by atoms with E-state index >= 15 is 0 Å². The number of alkyl halides is 1. The van der Waals surface area contributed by atoms with Gasteiger partial charge >= 0.3 is 0 Å². The lowest BCUT2D eigenvalue weighted by molar-refractivity contribution is 0.439. The number of halogens is 3. The molecule has 1 nitrogen and oxygen atoms in total. The zero-order chi connectivity index (χ0) is 9.84. The summed E-state index contributed by atoms with van der Waals surface area (Å²) < 4.78 is 37.0. The standard InChI is InChI=1S/C9H10F3N/c10-4-3-9(13)6-1-2-7(11)8(12)5-6/h1-2,5,9H,3-4,13H2/t9-/m1/s1. The SMILES string of the molecule is N[C@H](CCF)c1ccc(F)c(F)c1. The Morgan fingerprint density at radius 1 is 1.23 bits per heavy atom. The van der Waals surface area contributed by atoms with Crippen LogP contribution in [0.1, 0.15) is 18.0 Å². The summed E-state index contributed by atoms with van der Waals surface area (Å²) in [5, 5.41) is 0. The third kappa shape index (κ3) is 2.45. The van der Waals surface area contributed by atoms with Gasteiger partial charge in [-0.15, -0.1) is 0 Å². The van der Waals surface area contributed by atoms with E-state index in [1.165, 1.54) is 6.07 Å². The zero-order valence-electron chi connectivity index (χ0n) is 6.93. The van der Waals surface area contributed by atoms with Crippen molar-refractivity contribution < 1.29 is 13.2 Å². The van der Waals surface area contributed by atoms with E-state index in [1.807, 2.05) is 0 Å². The van der Waals surface area contributed by atoms with E-state index in [2.05, 4.69) is 0 Å². The van der Waals surface area contributed by atoms with Crippen LogP contribution in [-0.2, 0) is 0 Å². The predicted molar refractivity (Wildman–Crippen MR) is 43.9 cm³/mol. The van der Waals surface area contributed by atoms with Crippen molar-refractivity contribution in [1.29, 1.82) is 0 Å². The molecule has 0 amide bonds. The van der Waals surface area contributed by atoms with E-state index in [4.69, 9.17) is 5.73 Å². The number of hydrogen-bond donors (Lipinski definition) is 1. The van der Waals surface area contributed by atoms with Gasteiger partial charge in [-0.05, 0) is 24.1 Å². The third-order valence-electron chi connectivity index (χ3n) is 1.79. The number of hydrogen-bond acceptors (Lipinski definition) is 1. The fraction of sp³-hybridized carbons (Fsp3) is 0.333. The Labute approximate surface area is 74.4 Å². The Morgan fingerprint density at radius 3 is 2.46 bits per heavy atom. The molecule has 4 heteroatoms. The van der Waals surface area contributed by atoms with E-state index in [0.29, 0.717) is 5.56 Å². The Morgan fingerprint density at radius 2 is 1.92 bits per heavy atom. The average molecular weight is 189 g/mol. The van der Waals surface area contributed by atoms with Gasteiger partial charge in [0.05, 0.1) is 6.67 Å². The van der Waals surface area contributed by atoms with Gasteiger partial charge in [0.25, 0.3) is 0 Å². The molecule has 0 aliphatic heterocycles. The van der Waals surface area contributed by atoms with Crippen molar-refractivity contribution in [1.82, 2.24) is 0 Å². The molecule has 0 fully saturated rings. The van der Waals surface area contributed by atoms with E-state index < -0.39 is 24.4 Å². The summed E-state index contributed by atoms with van der Waals surface area (Å²) in [6, 6.07) is 2.78. The molecule has 0 saturated heterocycles. The van der Waals surface area contributed by atoms with Crippen LogP contribution in [0.15, 0.2) is 18.2 Å². The summed E-state index contributed by atoms with van der Waals surface area (Å²) in [4.78, 5) is 0. The van der Waals surface area contributed by atoms with Crippen molar-refractivity contribution in [2.24, 2.45) is 5.73 Å². The van der Waals surface area contributed by atoms with Crippen molar-refractivity contribution in [2.45, 2.75) is 12.5 Å². The normalized spacial score (nSPS) is 12.9. The minimum atomic E-state index is -0.952. The Bertz CT molecular complexity index is 288. The maximum Gasteiger partial charge on any atom is 0.159 e. The molecule has 13 heavy (non-hydrogen) atoms. The maximum absolute atomic E-state index is 12.7. The van der Waals surface area contributed by atoms with Gasteiger partial charge in [0.15, 0.2) is 11.6 Å². The Kier molecular flexibility index (Phi) is 3.31. The van der Waals surface area contributed by atoms with Crippen LogP contribution in [-0.4, -0.2) is 6.67 Å². The highest BCUT2D eigenvalue weighted by atomic mass is 19.2. The van der Waals surface area contributed by atoms with Crippen LogP contribution in [0.25, 0.3) is 0 Å². The largest absolute Gasteiger partial charge is 0.324 e. The smallest absolute Gasteiger partial charge is 0.159 e. The second kappa shape index (κ2) is 4.28. The van der Waals surface area contributed by atoms with Crippen molar-refractivity contribution in [2.75, 3.05) is 6.67 Å². The first kappa shape index (κ1) is 10.1. The van der Waals surface area contributed by atoms with Crippen LogP contribution >= 0.6 is 0 Å². The molecule has 1 atom stereocenters. The molecular weight excluding hydrogens is 179 g/mol. The van der Waals surface area contributed by atoms with Crippen LogP contribution in [0.5, 0.6) is 0 Å². The van der Waals surface area contributed by atoms with Gasteiger partial charge in [0.2, 0.25) is 0 Å². The quantitative estimate of drug-likeness (QED) is 0.775. The Balaban J connectivity index is 2.84. The number of rotatable bonds is 3. The molecule has 1 aromatic carbocycles. The van der Waals surface area contributed by atoms with Crippen LogP contribution < -0.4 is 5.73 Å². The summed E-state index contributed by atoms with van der Waals surface area (Å²) in [6.07, 6.45) is 0.116. The first-order valence-electron chi connectivity index (χ1n) is 3.91. The van der Waals surface area contributed by atoms with Crippen LogP contribution in [0, 0.1) is 11.6 Å². The zero-order valence-corrected chi connectivity index (χ0v) is 6.93. The van der Waals surface area contributed by atoms with Crippen molar-refractivity contribution in [3.63, 3.8) is 0 Å². The molecule has 72 valence electrons. The molecular formula is C9H10F3N. The highest BCUT2D eigenvalue weighted by Crippen LogP contribution is 2.16. The molecule has 2 N–H and O–H groups in total. The monoisotopic (exact) mass is 189 g/mol. The van der Waals surface area contributed by atoms with E-state index in [0.717, 1.165) is 12.1 Å². The van der Waals surface area contributed by atoms with Gasteiger partial charge in [-0.3, -0.25) is 4.39 Å². The first-order chi connectivity index (χ1) is 6.15. The van der Waals surface area contributed by atoms with Crippen molar-refractivity contribution in [3.05, 3.63) is 35.4 Å². The third-order valence-corrected chi connectivity index (χ3v) is 1.79. The topological polar surface area (TPSA) is 26.0 Å². The maximum atomic E-state index is 12.7. The average Bonchev–Trinajstić information content (AvgIpc) is 2.10. The Hall–Kier alpha value is -1.03. The number of nitrogens with two attached hydrogens (primary N) is 1. The van der Waals surface area contributed by atoms with E-state index in [9.17, 15) is 13.2 Å². The van der Waals surface area contributed by atoms with Gasteiger partial charge in [0, 0.05) is 6.04 Å². The van der Waals surface area contributed by atoms with Crippen LogP contribution in [0.4, 0.5) is 13.2 Å². The molecule has 0 heterocycles. The summed E-state index contributed by atoms with van der Waals surface area (Å²) >= 11 is 0. The van der Waals surface area contributed by atoms with Gasteiger partial charge < -0.3 is 5.73 Å². The second-order valence-corrected chi connectivity index (χ2v) is 2.76. The fourth-order valence-electron chi connectivity index (χ4n) is 1.03. The molecule has 0 unspecified atom stereocenters. The summed E-state index contributed by atoms with van der Waals surface area (Å²) in [5.41, 5.74) is 5.91. The second-order valence-electron chi connectivity index (χ2n) is 2.76. The molecule has 1 aromatic rings. The van der Waals surface area contributed by atoms with Gasteiger partial charge in [-0.25, -0.2) is 8.78 Å². The van der Waals surface area contributed by atoms with Crippen LogP contribution in [0.3, 0.4) is 0 Å². The molecule has 0 saturated carbocycles. The first-order valence-corrected chi connectivity index (χ1v) is 3.91. The molecule has 0 aromatic heterocycles. The number of benzene rings is 1. The molecule has 0 aliphatic carbocycles. The fourth-order valence-corrected chi connectivity index (χ4v) is 1.03. The minimum absolute atomic E-state index is 0.116. The van der Waals surface area contributed by atoms with Crippen molar-refractivity contribution >= 4 is 0 Å². The minimum Gasteiger partial charge on any atom is -0.324 e. The molecule has 0 spiro atoms. The van der Waals surface area contributed by atoms with E-state index in [1.54, 1.807) is 0 Å². The summed E-state index contributed by atoms with van der Waals surface area (Å²) in [6.45, 7) is -0.569. The van der Waals surface area contributed by atoms with Crippen molar-refractivity contribution in [3.8, 4) is 0 Å². The van der Waals surface area contributed by atoms with Crippen LogP contribution in [0.2, 0.25) is 0 Å². The summed E-state index contributed by atoms with van der Waals surface area (Å²) in [7, 11) is 0. The van der Waals surface area contributed by atoms with Gasteiger partial charge in [-0.2, -0.15) is 0 Å². The predicted octanol–water partition coefficient (Wildman–Crippen LogP) is 2.32. The lowest BCUT2D eigenvalue weighted by Crippen LogP contribution is -2.11. The van der Waals surface area contributed by atoms with Gasteiger partial charge in [0.1, 0.15) is 0 Å². The highest BCUT2D eigenvalue weighted by Gasteiger charge is 2.08. The molecule has 0 bridgehead atoms. The lowest BCUT2D eigenvalue weighted by Gasteiger charge is -2.09. The van der Waals surface area contributed by atoms with E-state index in [-0.39, 0.29) is 6.42 Å². The molecule has 1 rings (SSSR count). The molecule has 0 radical (unpaired) electrons. The van der Waals surface area contributed by atoms with Gasteiger partial charge in [-0.1, -0.05) is 6.07 Å². The lowest BCUT2D eigenvalue weighted by atomic mass is 10.1. The summed E-state index contributed by atoms with van der Waals surface area (Å²) in [5.74, 6) is -1.87.